The third-order valence-corrected chi connectivity index (χ3v) is 4.33. The van der Waals surface area contributed by atoms with Gasteiger partial charge in [-0.3, -0.25) is 4.79 Å². The van der Waals surface area contributed by atoms with E-state index < -0.39 is 0 Å². The van der Waals surface area contributed by atoms with Crippen LogP contribution in [-0.4, -0.2) is 31.9 Å². The highest BCUT2D eigenvalue weighted by molar-refractivity contribution is 7.99. The summed E-state index contributed by atoms with van der Waals surface area (Å²) in [6.07, 6.45) is 2.18. The SMILES string of the molecule is Cc1cc(CNC(=O)CSc2nnnn2C2CC2)ccc1F. The lowest BCUT2D eigenvalue weighted by molar-refractivity contribution is -0.118. The quantitative estimate of drug-likeness (QED) is 0.822. The van der Waals surface area contributed by atoms with E-state index >= 15 is 0 Å². The maximum absolute atomic E-state index is 13.2. The fourth-order valence-electron chi connectivity index (χ4n) is 2.03. The minimum absolute atomic E-state index is 0.0997. The van der Waals surface area contributed by atoms with Crippen molar-refractivity contribution in [3.05, 3.63) is 35.1 Å². The van der Waals surface area contributed by atoms with E-state index in [0.29, 0.717) is 23.3 Å². The molecule has 116 valence electrons. The predicted molar refractivity (Wildman–Crippen MR) is 79.8 cm³/mol. The molecule has 2 aromatic rings. The van der Waals surface area contributed by atoms with Crippen molar-refractivity contribution in [1.29, 1.82) is 0 Å². The van der Waals surface area contributed by atoms with Gasteiger partial charge in [0.25, 0.3) is 0 Å². The molecule has 0 spiro atoms. The van der Waals surface area contributed by atoms with Crippen molar-refractivity contribution in [2.75, 3.05) is 5.75 Å². The number of aromatic nitrogens is 4. The molecule has 0 aliphatic heterocycles. The van der Waals surface area contributed by atoms with Crippen LogP contribution in [0.2, 0.25) is 0 Å². The van der Waals surface area contributed by atoms with Gasteiger partial charge in [-0.15, -0.1) is 5.10 Å². The minimum atomic E-state index is -0.238. The maximum Gasteiger partial charge on any atom is 0.230 e. The molecule has 1 aliphatic rings. The van der Waals surface area contributed by atoms with Crippen molar-refractivity contribution in [1.82, 2.24) is 25.5 Å². The molecule has 1 aliphatic carbocycles. The highest BCUT2D eigenvalue weighted by Crippen LogP contribution is 2.36. The molecular weight excluding hydrogens is 305 g/mol. The van der Waals surface area contributed by atoms with Gasteiger partial charge in [0.1, 0.15) is 5.82 Å². The number of thioether (sulfide) groups is 1. The van der Waals surface area contributed by atoms with Crippen LogP contribution in [0, 0.1) is 12.7 Å². The Kier molecular flexibility index (Phi) is 4.37. The number of carbonyl (C=O) groups excluding carboxylic acids is 1. The number of rotatable bonds is 6. The van der Waals surface area contributed by atoms with Gasteiger partial charge < -0.3 is 5.32 Å². The van der Waals surface area contributed by atoms with Gasteiger partial charge in [-0.05, 0) is 47.4 Å². The second-order valence-electron chi connectivity index (χ2n) is 5.29. The summed E-state index contributed by atoms with van der Waals surface area (Å²) in [6.45, 7) is 2.09. The van der Waals surface area contributed by atoms with Crippen LogP contribution >= 0.6 is 11.8 Å². The van der Waals surface area contributed by atoms with Crippen molar-refractivity contribution in [3.63, 3.8) is 0 Å². The van der Waals surface area contributed by atoms with E-state index in [4.69, 9.17) is 0 Å². The van der Waals surface area contributed by atoms with Crippen molar-refractivity contribution >= 4 is 17.7 Å². The van der Waals surface area contributed by atoms with E-state index in [2.05, 4.69) is 20.8 Å². The Hall–Kier alpha value is -1.96. The van der Waals surface area contributed by atoms with E-state index in [1.54, 1.807) is 23.7 Å². The average Bonchev–Trinajstić information content (AvgIpc) is 3.25. The van der Waals surface area contributed by atoms with E-state index in [1.165, 1.54) is 17.8 Å². The van der Waals surface area contributed by atoms with Crippen LogP contribution in [0.5, 0.6) is 0 Å². The van der Waals surface area contributed by atoms with E-state index in [-0.39, 0.29) is 17.5 Å². The molecule has 1 amide bonds. The Morgan fingerprint density at radius 3 is 3.05 bits per heavy atom. The summed E-state index contributed by atoms with van der Waals surface area (Å²) in [7, 11) is 0. The Balaban J connectivity index is 1.48. The number of nitrogens with zero attached hydrogens (tertiary/aromatic N) is 4. The third-order valence-electron chi connectivity index (χ3n) is 3.40. The van der Waals surface area contributed by atoms with Gasteiger partial charge in [0.05, 0.1) is 11.8 Å². The molecule has 0 radical (unpaired) electrons. The highest BCUT2D eigenvalue weighted by Gasteiger charge is 2.28. The van der Waals surface area contributed by atoms with Gasteiger partial charge in [0.2, 0.25) is 11.1 Å². The van der Waals surface area contributed by atoms with Crippen LogP contribution in [0.3, 0.4) is 0 Å². The molecule has 6 nitrogen and oxygen atoms in total. The fraction of sp³-hybridized carbons (Fsp3) is 0.429. The lowest BCUT2D eigenvalue weighted by Gasteiger charge is -2.06. The zero-order valence-electron chi connectivity index (χ0n) is 12.1. The van der Waals surface area contributed by atoms with Crippen molar-refractivity contribution in [3.8, 4) is 0 Å². The maximum atomic E-state index is 13.2. The van der Waals surface area contributed by atoms with Gasteiger partial charge in [0.15, 0.2) is 0 Å². The summed E-state index contributed by atoms with van der Waals surface area (Å²) in [5.41, 5.74) is 1.45. The molecule has 1 aromatic heterocycles. The number of hydrogen-bond donors (Lipinski definition) is 1. The number of hydrogen-bond acceptors (Lipinski definition) is 5. The Morgan fingerprint density at radius 1 is 1.50 bits per heavy atom. The van der Waals surface area contributed by atoms with Gasteiger partial charge in [-0.2, -0.15) is 0 Å². The van der Waals surface area contributed by atoms with E-state index in [9.17, 15) is 9.18 Å². The molecular formula is C14H16FN5OS. The smallest absolute Gasteiger partial charge is 0.230 e. The topological polar surface area (TPSA) is 72.7 Å². The summed E-state index contributed by atoms with van der Waals surface area (Å²) in [5, 5.41) is 15.0. The molecule has 0 saturated heterocycles. The Labute approximate surface area is 131 Å². The summed E-state index contributed by atoms with van der Waals surface area (Å²) in [6, 6.07) is 5.21. The minimum Gasteiger partial charge on any atom is -0.351 e. The molecule has 8 heteroatoms. The van der Waals surface area contributed by atoms with E-state index in [0.717, 1.165) is 18.4 Å². The predicted octanol–water partition coefficient (Wildman–Crippen LogP) is 1.86. The molecule has 1 aromatic carbocycles. The molecule has 0 bridgehead atoms. The fourth-order valence-corrected chi connectivity index (χ4v) is 2.80. The van der Waals surface area contributed by atoms with Crippen LogP contribution in [-0.2, 0) is 11.3 Å². The van der Waals surface area contributed by atoms with Crippen molar-refractivity contribution in [2.24, 2.45) is 0 Å². The number of halogens is 1. The first-order valence-electron chi connectivity index (χ1n) is 7.06. The second kappa shape index (κ2) is 6.43. The summed E-state index contributed by atoms with van der Waals surface area (Å²) in [5.74, 6) is -0.0809. The van der Waals surface area contributed by atoms with Crippen LogP contribution in [0.4, 0.5) is 4.39 Å². The first kappa shape index (κ1) is 15.0. The monoisotopic (exact) mass is 321 g/mol. The van der Waals surface area contributed by atoms with Gasteiger partial charge in [0, 0.05) is 6.54 Å². The third kappa shape index (κ3) is 3.62. The number of benzene rings is 1. The van der Waals surface area contributed by atoms with Crippen LogP contribution in [0.1, 0.15) is 30.0 Å². The zero-order valence-corrected chi connectivity index (χ0v) is 12.9. The number of nitrogens with one attached hydrogen (secondary N) is 1. The summed E-state index contributed by atoms with van der Waals surface area (Å²) >= 11 is 1.33. The van der Waals surface area contributed by atoms with Crippen LogP contribution < -0.4 is 5.32 Å². The lowest BCUT2D eigenvalue weighted by atomic mass is 10.1. The average molecular weight is 321 g/mol. The molecule has 3 rings (SSSR count). The number of amides is 1. The number of tetrazole rings is 1. The molecule has 1 N–H and O–H groups in total. The summed E-state index contributed by atoms with van der Waals surface area (Å²) < 4.78 is 15.0. The molecule has 0 unspecified atom stereocenters. The Bertz CT molecular complexity index is 686. The second-order valence-corrected chi connectivity index (χ2v) is 6.23. The van der Waals surface area contributed by atoms with E-state index in [1.807, 2.05) is 0 Å². The number of aryl methyl sites for hydroxylation is 1. The Morgan fingerprint density at radius 2 is 2.32 bits per heavy atom. The van der Waals surface area contributed by atoms with Gasteiger partial charge in [-0.1, -0.05) is 23.9 Å². The molecule has 22 heavy (non-hydrogen) atoms. The molecule has 1 heterocycles. The first-order valence-corrected chi connectivity index (χ1v) is 8.04. The largest absolute Gasteiger partial charge is 0.351 e. The molecule has 0 atom stereocenters. The van der Waals surface area contributed by atoms with Gasteiger partial charge >= 0.3 is 0 Å². The first-order chi connectivity index (χ1) is 10.6. The van der Waals surface area contributed by atoms with Crippen LogP contribution in [0.15, 0.2) is 23.4 Å². The number of carbonyl (C=O) groups is 1. The lowest BCUT2D eigenvalue weighted by Crippen LogP contribution is -2.24. The van der Waals surface area contributed by atoms with Crippen molar-refractivity contribution in [2.45, 2.75) is 37.5 Å². The zero-order chi connectivity index (χ0) is 15.5. The highest BCUT2D eigenvalue weighted by atomic mass is 32.2. The van der Waals surface area contributed by atoms with Gasteiger partial charge in [-0.25, -0.2) is 9.07 Å². The van der Waals surface area contributed by atoms with Crippen LogP contribution in [0.25, 0.3) is 0 Å². The molecule has 1 saturated carbocycles. The van der Waals surface area contributed by atoms with Crippen molar-refractivity contribution < 1.29 is 9.18 Å². The standard InChI is InChI=1S/C14H16FN5OS/c1-9-6-10(2-5-12(9)15)7-16-13(21)8-22-14-17-18-19-20(14)11-3-4-11/h2,5-6,11H,3-4,7-8H2,1H3,(H,16,21). The normalized spacial score (nSPS) is 14.1. The summed E-state index contributed by atoms with van der Waals surface area (Å²) in [4.78, 5) is 11.9. The molecule has 1 fully saturated rings.